The summed E-state index contributed by atoms with van der Waals surface area (Å²) >= 11 is 5.42. The predicted octanol–water partition coefficient (Wildman–Crippen LogP) is 3.63. The Bertz CT molecular complexity index is 984. The number of hydrogen-bond donors (Lipinski definition) is 1. The predicted molar refractivity (Wildman–Crippen MR) is 81.6 cm³/mol. The molecule has 0 fully saturated rings. The van der Waals surface area contributed by atoms with Crippen molar-refractivity contribution in [3.05, 3.63) is 59.8 Å². The van der Waals surface area contributed by atoms with Gasteiger partial charge in [-0.25, -0.2) is 0 Å². The van der Waals surface area contributed by atoms with Crippen molar-refractivity contribution < 1.29 is 0 Å². The molecule has 3 heterocycles. The third kappa shape index (κ3) is 1.64. The molecule has 0 atom stereocenters. The summed E-state index contributed by atoms with van der Waals surface area (Å²) in [5.74, 6) is 0. The molecule has 0 spiro atoms. The van der Waals surface area contributed by atoms with Gasteiger partial charge in [-0.05, 0) is 42.5 Å². The molecule has 0 aliphatic carbocycles. The lowest BCUT2D eigenvalue weighted by molar-refractivity contribution is 1.07. The zero-order valence-corrected chi connectivity index (χ0v) is 11.3. The van der Waals surface area contributed by atoms with Crippen LogP contribution in [0.2, 0.25) is 0 Å². The first kappa shape index (κ1) is 11.3. The van der Waals surface area contributed by atoms with Gasteiger partial charge in [-0.3, -0.25) is 14.5 Å². The quantitative estimate of drug-likeness (QED) is 0.541. The van der Waals surface area contributed by atoms with Crippen LogP contribution in [0.3, 0.4) is 0 Å². The molecule has 0 bridgehead atoms. The maximum absolute atomic E-state index is 5.42. The van der Waals surface area contributed by atoms with E-state index in [0.29, 0.717) is 4.77 Å². The van der Waals surface area contributed by atoms with Crippen LogP contribution in [-0.4, -0.2) is 19.5 Å². The smallest absolute Gasteiger partial charge is 0.182 e. The SMILES string of the molecule is S=c1[nH]c2cnccc2n1-c1ccc2ncccc2c1. The van der Waals surface area contributed by atoms with Crippen LogP contribution in [0, 0.1) is 4.77 Å². The Kier molecular flexibility index (Phi) is 2.40. The summed E-state index contributed by atoms with van der Waals surface area (Å²) in [6.07, 6.45) is 5.35. The molecule has 0 saturated heterocycles. The topological polar surface area (TPSA) is 46.5 Å². The van der Waals surface area contributed by atoms with Crippen LogP contribution in [-0.2, 0) is 0 Å². The zero-order chi connectivity index (χ0) is 13.5. The first-order valence-corrected chi connectivity index (χ1v) is 6.64. The molecule has 1 N–H and O–H groups in total. The van der Waals surface area contributed by atoms with Gasteiger partial charge in [0.25, 0.3) is 0 Å². The minimum Gasteiger partial charge on any atom is -0.329 e. The second kappa shape index (κ2) is 4.25. The van der Waals surface area contributed by atoms with Crippen LogP contribution in [0.4, 0.5) is 0 Å². The number of fused-ring (bicyclic) bond motifs is 2. The molecule has 96 valence electrons. The van der Waals surface area contributed by atoms with E-state index in [1.165, 1.54) is 0 Å². The monoisotopic (exact) mass is 278 g/mol. The first-order valence-electron chi connectivity index (χ1n) is 6.23. The summed E-state index contributed by atoms with van der Waals surface area (Å²) in [6.45, 7) is 0. The number of aromatic amines is 1. The lowest BCUT2D eigenvalue weighted by Gasteiger charge is -2.05. The highest BCUT2D eigenvalue weighted by Crippen LogP contribution is 2.21. The molecule has 0 unspecified atom stereocenters. The van der Waals surface area contributed by atoms with Gasteiger partial charge in [0.05, 0.1) is 22.7 Å². The molecule has 0 amide bonds. The molecule has 0 aliphatic rings. The van der Waals surface area contributed by atoms with Gasteiger partial charge in [0, 0.05) is 23.5 Å². The number of hydrogen-bond acceptors (Lipinski definition) is 3. The number of nitrogens with zero attached hydrogens (tertiary/aromatic N) is 3. The lowest BCUT2D eigenvalue weighted by Crippen LogP contribution is -1.94. The molecular weight excluding hydrogens is 268 g/mol. The highest BCUT2D eigenvalue weighted by Gasteiger charge is 2.06. The Morgan fingerprint density at radius 3 is 3.00 bits per heavy atom. The van der Waals surface area contributed by atoms with Crippen LogP contribution in [0.25, 0.3) is 27.6 Å². The Morgan fingerprint density at radius 1 is 1.10 bits per heavy atom. The van der Waals surface area contributed by atoms with Gasteiger partial charge in [0.1, 0.15) is 0 Å². The van der Waals surface area contributed by atoms with Gasteiger partial charge < -0.3 is 4.98 Å². The van der Waals surface area contributed by atoms with E-state index in [9.17, 15) is 0 Å². The molecule has 0 aliphatic heterocycles. The number of aromatic nitrogens is 4. The van der Waals surface area contributed by atoms with Gasteiger partial charge in [0.15, 0.2) is 4.77 Å². The molecule has 20 heavy (non-hydrogen) atoms. The van der Waals surface area contributed by atoms with Crippen LogP contribution >= 0.6 is 12.2 Å². The van der Waals surface area contributed by atoms with Gasteiger partial charge in [0.2, 0.25) is 0 Å². The number of benzene rings is 1. The number of pyridine rings is 2. The number of H-pyrrole nitrogens is 1. The second-order valence-electron chi connectivity index (χ2n) is 4.54. The van der Waals surface area contributed by atoms with Crippen LogP contribution in [0.1, 0.15) is 0 Å². The molecule has 3 aromatic heterocycles. The minimum atomic E-state index is 0.663. The van der Waals surface area contributed by atoms with Gasteiger partial charge in [-0.15, -0.1) is 0 Å². The molecule has 4 rings (SSSR count). The largest absolute Gasteiger partial charge is 0.329 e. The fourth-order valence-corrected chi connectivity index (χ4v) is 2.73. The van der Waals surface area contributed by atoms with Crippen LogP contribution in [0.5, 0.6) is 0 Å². The molecule has 0 radical (unpaired) electrons. The average Bonchev–Trinajstić information content (AvgIpc) is 2.82. The van der Waals surface area contributed by atoms with Crippen molar-refractivity contribution in [1.29, 1.82) is 0 Å². The van der Waals surface area contributed by atoms with E-state index in [4.69, 9.17) is 12.2 Å². The van der Waals surface area contributed by atoms with E-state index in [2.05, 4.69) is 21.0 Å². The number of rotatable bonds is 1. The highest BCUT2D eigenvalue weighted by molar-refractivity contribution is 7.71. The molecule has 4 aromatic rings. The summed E-state index contributed by atoms with van der Waals surface area (Å²) < 4.78 is 2.68. The summed E-state index contributed by atoms with van der Waals surface area (Å²) in [6, 6.07) is 12.1. The van der Waals surface area contributed by atoms with E-state index >= 15 is 0 Å². The summed E-state index contributed by atoms with van der Waals surface area (Å²) in [7, 11) is 0. The van der Waals surface area contributed by atoms with Crippen LogP contribution in [0.15, 0.2) is 55.0 Å². The number of imidazole rings is 1. The third-order valence-corrected chi connectivity index (χ3v) is 3.61. The fourth-order valence-electron chi connectivity index (χ4n) is 2.42. The third-order valence-electron chi connectivity index (χ3n) is 3.33. The average molecular weight is 278 g/mol. The highest BCUT2D eigenvalue weighted by atomic mass is 32.1. The van der Waals surface area contributed by atoms with E-state index in [1.54, 1.807) is 18.6 Å². The van der Waals surface area contributed by atoms with E-state index in [0.717, 1.165) is 27.6 Å². The zero-order valence-electron chi connectivity index (χ0n) is 10.4. The molecular formula is C15H10N4S. The van der Waals surface area contributed by atoms with Crippen molar-refractivity contribution in [2.45, 2.75) is 0 Å². The Hall–Kier alpha value is -2.53. The number of nitrogens with one attached hydrogen (secondary N) is 1. The maximum Gasteiger partial charge on any atom is 0.182 e. The lowest BCUT2D eigenvalue weighted by atomic mass is 10.2. The molecule has 0 saturated carbocycles. The normalized spacial score (nSPS) is 11.2. The van der Waals surface area contributed by atoms with Crippen molar-refractivity contribution in [2.75, 3.05) is 0 Å². The van der Waals surface area contributed by atoms with Crippen molar-refractivity contribution in [3.8, 4) is 5.69 Å². The summed E-state index contributed by atoms with van der Waals surface area (Å²) in [4.78, 5) is 11.6. The molecule has 5 heteroatoms. The summed E-state index contributed by atoms with van der Waals surface area (Å²) in [5, 5.41) is 1.09. The Labute approximate surface area is 119 Å². The van der Waals surface area contributed by atoms with E-state index in [1.807, 2.05) is 34.9 Å². The Balaban J connectivity index is 2.06. The molecule has 1 aromatic carbocycles. The van der Waals surface area contributed by atoms with Gasteiger partial charge in [-0.2, -0.15) is 0 Å². The standard InChI is InChI=1S/C15H10N4S/c20-15-18-13-9-16-7-5-14(13)19(15)11-3-4-12-10(8-11)2-1-6-17-12/h1-9H,(H,18,20). The van der Waals surface area contributed by atoms with Crippen molar-refractivity contribution in [1.82, 2.24) is 19.5 Å². The van der Waals surface area contributed by atoms with Gasteiger partial charge in [-0.1, -0.05) is 6.07 Å². The minimum absolute atomic E-state index is 0.663. The van der Waals surface area contributed by atoms with Crippen molar-refractivity contribution >= 4 is 34.2 Å². The fraction of sp³-hybridized carbons (Fsp3) is 0. The van der Waals surface area contributed by atoms with Crippen LogP contribution < -0.4 is 0 Å². The Morgan fingerprint density at radius 2 is 2.05 bits per heavy atom. The van der Waals surface area contributed by atoms with Gasteiger partial charge >= 0.3 is 0 Å². The second-order valence-corrected chi connectivity index (χ2v) is 4.93. The van der Waals surface area contributed by atoms with Crippen molar-refractivity contribution in [2.24, 2.45) is 0 Å². The van der Waals surface area contributed by atoms with E-state index < -0.39 is 0 Å². The summed E-state index contributed by atoms with van der Waals surface area (Å²) in [5.41, 5.74) is 3.95. The molecule has 4 nitrogen and oxygen atoms in total. The van der Waals surface area contributed by atoms with E-state index in [-0.39, 0.29) is 0 Å². The maximum atomic E-state index is 5.42. The van der Waals surface area contributed by atoms with Crippen molar-refractivity contribution in [3.63, 3.8) is 0 Å². The first-order chi connectivity index (χ1) is 9.83.